The molecule has 0 radical (unpaired) electrons. The molecule has 6 heteroatoms. The first-order valence-electron chi connectivity index (χ1n) is 6.90. The first-order chi connectivity index (χ1) is 10.6. The molecule has 0 saturated heterocycles. The van der Waals surface area contributed by atoms with Gasteiger partial charge in [0.05, 0.1) is 22.7 Å². The van der Waals surface area contributed by atoms with Crippen LogP contribution in [-0.2, 0) is 6.54 Å². The van der Waals surface area contributed by atoms with Gasteiger partial charge >= 0.3 is 5.69 Å². The minimum absolute atomic E-state index is 0.0946. The van der Waals surface area contributed by atoms with Crippen LogP contribution in [0.1, 0.15) is 6.42 Å². The third-order valence-electron chi connectivity index (χ3n) is 3.36. The smallest absolute Gasteiger partial charge is 0.326 e. The molecule has 0 aliphatic heterocycles. The maximum atomic E-state index is 11.9. The van der Waals surface area contributed by atoms with Gasteiger partial charge in [0.2, 0.25) is 0 Å². The van der Waals surface area contributed by atoms with Crippen molar-refractivity contribution >= 4 is 38.6 Å². The molecule has 1 aromatic heterocycles. The van der Waals surface area contributed by atoms with Gasteiger partial charge in [0.25, 0.3) is 0 Å². The molecule has 0 bridgehead atoms. The van der Waals surface area contributed by atoms with Gasteiger partial charge in [-0.15, -0.1) is 0 Å². The summed E-state index contributed by atoms with van der Waals surface area (Å²) >= 11 is 9.45. The highest BCUT2D eigenvalue weighted by atomic mass is 79.9. The lowest BCUT2D eigenvalue weighted by atomic mass is 10.3. The molecule has 4 nitrogen and oxygen atoms in total. The third kappa shape index (κ3) is 3.20. The monoisotopic (exact) mass is 380 g/mol. The summed E-state index contributed by atoms with van der Waals surface area (Å²) in [6.07, 6.45) is 0.716. The number of fused-ring (bicyclic) bond motifs is 1. The predicted molar refractivity (Wildman–Crippen MR) is 91.8 cm³/mol. The summed E-state index contributed by atoms with van der Waals surface area (Å²) in [5.74, 6) is 0.649. The van der Waals surface area contributed by atoms with Crippen molar-refractivity contribution in [3.05, 3.63) is 62.4 Å². The number of benzene rings is 2. The van der Waals surface area contributed by atoms with Crippen LogP contribution in [0.2, 0.25) is 5.02 Å². The highest BCUT2D eigenvalue weighted by Gasteiger charge is 2.06. The van der Waals surface area contributed by atoms with Crippen molar-refractivity contribution in [2.75, 3.05) is 6.61 Å². The summed E-state index contributed by atoms with van der Waals surface area (Å²) in [7, 11) is 0. The molecule has 0 saturated carbocycles. The second kappa shape index (κ2) is 6.58. The lowest BCUT2D eigenvalue weighted by Crippen LogP contribution is -2.18. The average Bonchev–Trinajstić information content (AvgIpc) is 2.81. The van der Waals surface area contributed by atoms with Gasteiger partial charge in [0.1, 0.15) is 5.75 Å². The second-order valence-electron chi connectivity index (χ2n) is 4.88. The Balaban J connectivity index is 1.63. The minimum atomic E-state index is -0.0946. The number of aromatic amines is 1. The number of H-pyrrole nitrogens is 1. The Morgan fingerprint density at radius 3 is 2.86 bits per heavy atom. The quantitative estimate of drug-likeness (QED) is 0.673. The zero-order chi connectivity index (χ0) is 15.5. The summed E-state index contributed by atoms with van der Waals surface area (Å²) < 4.78 is 8.30. The first kappa shape index (κ1) is 15.2. The Hall–Kier alpha value is -1.72. The maximum absolute atomic E-state index is 11.9. The number of halogens is 2. The van der Waals surface area contributed by atoms with E-state index in [1.807, 2.05) is 36.4 Å². The Morgan fingerprint density at radius 1 is 1.23 bits per heavy atom. The van der Waals surface area contributed by atoms with E-state index in [-0.39, 0.29) is 5.69 Å². The van der Waals surface area contributed by atoms with Crippen LogP contribution < -0.4 is 10.4 Å². The molecule has 1 N–H and O–H groups in total. The normalized spacial score (nSPS) is 11.0. The molecule has 0 aliphatic carbocycles. The molecule has 0 fully saturated rings. The Kier molecular flexibility index (Phi) is 4.55. The fraction of sp³-hybridized carbons (Fsp3) is 0.188. The summed E-state index contributed by atoms with van der Waals surface area (Å²) in [6, 6.07) is 13.1. The molecule has 0 amide bonds. The van der Waals surface area contributed by atoms with E-state index in [1.54, 1.807) is 10.6 Å². The molecule has 1 heterocycles. The number of para-hydroxylation sites is 2. The SMILES string of the molecule is O=c1[nH]c2ccccc2n1CCCOc1ccc(Br)cc1Cl. The number of ether oxygens (including phenoxy) is 1. The van der Waals surface area contributed by atoms with Crippen molar-refractivity contribution in [3.63, 3.8) is 0 Å². The van der Waals surface area contributed by atoms with Crippen LogP contribution >= 0.6 is 27.5 Å². The highest BCUT2D eigenvalue weighted by Crippen LogP contribution is 2.27. The van der Waals surface area contributed by atoms with Crippen molar-refractivity contribution in [3.8, 4) is 5.75 Å². The van der Waals surface area contributed by atoms with Crippen LogP contribution in [0.5, 0.6) is 5.75 Å². The number of hydrogen-bond donors (Lipinski definition) is 1. The molecule has 22 heavy (non-hydrogen) atoms. The number of nitrogens with one attached hydrogen (secondary N) is 1. The Bertz CT molecular complexity index is 857. The van der Waals surface area contributed by atoms with Crippen LogP contribution in [0.15, 0.2) is 51.7 Å². The molecule has 0 unspecified atom stereocenters. The first-order valence-corrected chi connectivity index (χ1v) is 8.07. The third-order valence-corrected chi connectivity index (χ3v) is 4.15. The van der Waals surface area contributed by atoms with E-state index >= 15 is 0 Å². The topological polar surface area (TPSA) is 47.0 Å². The molecule has 3 rings (SSSR count). The van der Waals surface area contributed by atoms with Gasteiger partial charge < -0.3 is 9.72 Å². The van der Waals surface area contributed by atoms with E-state index in [0.717, 1.165) is 15.5 Å². The van der Waals surface area contributed by atoms with Crippen molar-refractivity contribution in [1.82, 2.24) is 9.55 Å². The van der Waals surface area contributed by atoms with Gasteiger partial charge in [-0.1, -0.05) is 39.7 Å². The van der Waals surface area contributed by atoms with Crippen LogP contribution in [0, 0.1) is 0 Å². The van der Waals surface area contributed by atoms with Gasteiger partial charge in [0, 0.05) is 11.0 Å². The Labute approximate surface area is 140 Å². The fourth-order valence-electron chi connectivity index (χ4n) is 2.33. The van der Waals surface area contributed by atoms with Crippen molar-refractivity contribution in [1.29, 1.82) is 0 Å². The average molecular weight is 382 g/mol. The molecule has 0 spiro atoms. The molecule has 114 valence electrons. The molecular weight excluding hydrogens is 368 g/mol. The Morgan fingerprint density at radius 2 is 2.05 bits per heavy atom. The zero-order valence-corrected chi connectivity index (χ0v) is 14.0. The van der Waals surface area contributed by atoms with Crippen molar-refractivity contribution < 1.29 is 4.74 Å². The van der Waals surface area contributed by atoms with E-state index in [2.05, 4.69) is 20.9 Å². The number of rotatable bonds is 5. The number of nitrogens with zero attached hydrogens (tertiary/aromatic N) is 1. The minimum Gasteiger partial charge on any atom is -0.492 e. The molecule has 3 aromatic rings. The van der Waals surface area contributed by atoms with Gasteiger partial charge in [-0.25, -0.2) is 4.79 Å². The van der Waals surface area contributed by atoms with E-state index in [0.29, 0.717) is 30.3 Å². The standard InChI is InChI=1S/C16H14BrClN2O2/c17-11-6-7-15(12(18)10-11)22-9-3-8-20-14-5-2-1-4-13(14)19-16(20)21/h1-2,4-7,10H,3,8-9H2,(H,19,21). The van der Waals surface area contributed by atoms with E-state index in [4.69, 9.17) is 16.3 Å². The van der Waals surface area contributed by atoms with E-state index in [1.165, 1.54) is 0 Å². The summed E-state index contributed by atoms with van der Waals surface area (Å²) in [6.45, 7) is 1.09. The number of aryl methyl sites for hydroxylation is 1. The van der Waals surface area contributed by atoms with Gasteiger partial charge in [-0.2, -0.15) is 0 Å². The molecule has 2 aromatic carbocycles. The van der Waals surface area contributed by atoms with E-state index in [9.17, 15) is 4.79 Å². The number of imidazole rings is 1. The van der Waals surface area contributed by atoms with Gasteiger partial charge in [0.15, 0.2) is 0 Å². The molecular formula is C16H14BrClN2O2. The highest BCUT2D eigenvalue weighted by molar-refractivity contribution is 9.10. The number of aromatic nitrogens is 2. The lowest BCUT2D eigenvalue weighted by molar-refractivity contribution is 0.302. The molecule has 0 aliphatic rings. The van der Waals surface area contributed by atoms with Gasteiger partial charge in [-0.3, -0.25) is 4.57 Å². The summed E-state index contributed by atoms with van der Waals surface area (Å²) in [4.78, 5) is 14.8. The zero-order valence-electron chi connectivity index (χ0n) is 11.7. The predicted octanol–water partition coefficient (Wildman–Crippen LogP) is 4.21. The second-order valence-corrected chi connectivity index (χ2v) is 6.20. The van der Waals surface area contributed by atoms with E-state index < -0.39 is 0 Å². The maximum Gasteiger partial charge on any atom is 0.326 e. The van der Waals surface area contributed by atoms with Gasteiger partial charge in [-0.05, 0) is 36.8 Å². The van der Waals surface area contributed by atoms with Crippen molar-refractivity contribution in [2.24, 2.45) is 0 Å². The number of hydrogen-bond acceptors (Lipinski definition) is 2. The van der Waals surface area contributed by atoms with Crippen LogP contribution in [0.25, 0.3) is 11.0 Å². The summed E-state index contributed by atoms with van der Waals surface area (Å²) in [5, 5.41) is 0.568. The van der Waals surface area contributed by atoms with Crippen molar-refractivity contribution in [2.45, 2.75) is 13.0 Å². The molecule has 0 atom stereocenters. The van der Waals surface area contributed by atoms with Crippen LogP contribution in [-0.4, -0.2) is 16.2 Å². The fourth-order valence-corrected chi connectivity index (χ4v) is 3.05. The largest absolute Gasteiger partial charge is 0.492 e. The van der Waals surface area contributed by atoms with Crippen LogP contribution in [0.4, 0.5) is 0 Å². The van der Waals surface area contributed by atoms with Crippen LogP contribution in [0.3, 0.4) is 0 Å². The lowest BCUT2D eigenvalue weighted by Gasteiger charge is -2.08. The summed E-state index contributed by atoms with van der Waals surface area (Å²) in [5.41, 5.74) is 1.67.